The lowest BCUT2D eigenvalue weighted by atomic mass is 10.2. The van der Waals surface area contributed by atoms with Crippen LogP contribution in [-0.2, 0) is 6.42 Å². The molecule has 0 aliphatic rings. The Balaban J connectivity index is 2.22. The molecule has 7 heteroatoms. The topological polar surface area (TPSA) is 57.8 Å². The molecule has 0 aliphatic heterocycles. The number of nitrogens with zero attached hydrogens (tertiary/aromatic N) is 1. The number of hydrogen-bond donors (Lipinski definition) is 2. The minimum absolute atomic E-state index is 0.247. The second kappa shape index (κ2) is 5.36. The second-order valence-electron chi connectivity index (χ2n) is 3.83. The largest absolute Gasteiger partial charge is 0.305 e. The first-order chi connectivity index (χ1) is 9.01. The summed E-state index contributed by atoms with van der Waals surface area (Å²) in [5, 5.41) is 8.51. The molecule has 0 saturated carbocycles. The zero-order valence-electron chi connectivity index (χ0n) is 9.93. The highest BCUT2D eigenvalue weighted by atomic mass is 35.5. The summed E-state index contributed by atoms with van der Waals surface area (Å²) in [5.74, 6) is -2.29. The van der Waals surface area contributed by atoms with Crippen LogP contribution in [0.1, 0.15) is 23.0 Å². The molecule has 0 unspecified atom stereocenters. The highest BCUT2D eigenvalue weighted by Gasteiger charge is 2.16. The van der Waals surface area contributed by atoms with Gasteiger partial charge in [-0.3, -0.25) is 9.89 Å². The Labute approximate surface area is 112 Å². The summed E-state index contributed by atoms with van der Waals surface area (Å²) < 4.78 is 26.7. The van der Waals surface area contributed by atoms with E-state index < -0.39 is 23.1 Å². The highest BCUT2D eigenvalue weighted by Crippen LogP contribution is 2.20. The molecule has 0 radical (unpaired) electrons. The third kappa shape index (κ3) is 2.90. The molecule has 2 aromatic rings. The van der Waals surface area contributed by atoms with Gasteiger partial charge in [0, 0.05) is 11.8 Å². The van der Waals surface area contributed by atoms with Crippen molar-refractivity contribution in [3.05, 3.63) is 46.1 Å². The van der Waals surface area contributed by atoms with Gasteiger partial charge in [0.1, 0.15) is 11.6 Å². The van der Waals surface area contributed by atoms with Crippen molar-refractivity contribution >= 4 is 23.3 Å². The maximum Gasteiger partial charge on any atom is 0.259 e. The predicted molar refractivity (Wildman–Crippen MR) is 67.3 cm³/mol. The van der Waals surface area contributed by atoms with Crippen LogP contribution in [0, 0.1) is 11.6 Å². The molecule has 2 N–H and O–H groups in total. The van der Waals surface area contributed by atoms with E-state index in [0.29, 0.717) is 6.42 Å². The maximum absolute atomic E-state index is 13.5. The van der Waals surface area contributed by atoms with E-state index in [0.717, 1.165) is 17.8 Å². The standard InChI is InChI=1S/C12H10ClF2N3O/c1-2-6-3-11(18-17-6)16-12(19)7-4-10(15)8(13)5-9(7)14/h3-5H,2H2,1H3,(H2,16,17,18,19). The van der Waals surface area contributed by atoms with E-state index in [1.54, 1.807) is 6.07 Å². The van der Waals surface area contributed by atoms with Crippen LogP contribution in [0.25, 0.3) is 0 Å². The first-order valence-electron chi connectivity index (χ1n) is 5.51. The summed E-state index contributed by atoms with van der Waals surface area (Å²) in [4.78, 5) is 11.8. The summed E-state index contributed by atoms with van der Waals surface area (Å²) in [7, 11) is 0. The molecule has 19 heavy (non-hydrogen) atoms. The van der Waals surface area contributed by atoms with Gasteiger partial charge in [0.2, 0.25) is 0 Å². The number of halogens is 3. The average molecular weight is 286 g/mol. The van der Waals surface area contributed by atoms with Crippen LogP contribution in [0.4, 0.5) is 14.6 Å². The Morgan fingerprint density at radius 1 is 1.37 bits per heavy atom. The van der Waals surface area contributed by atoms with Crippen molar-refractivity contribution in [2.45, 2.75) is 13.3 Å². The summed E-state index contributed by atoms with van der Waals surface area (Å²) in [5.41, 5.74) is 0.390. The number of aromatic amines is 1. The number of aryl methyl sites for hydroxylation is 1. The van der Waals surface area contributed by atoms with Crippen LogP contribution in [-0.4, -0.2) is 16.1 Å². The van der Waals surface area contributed by atoms with Gasteiger partial charge in [-0.2, -0.15) is 5.10 Å². The van der Waals surface area contributed by atoms with E-state index in [9.17, 15) is 13.6 Å². The van der Waals surface area contributed by atoms with E-state index in [1.165, 1.54) is 0 Å². The number of H-pyrrole nitrogens is 1. The highest BCUT2D eigenvalue weighted by molar-refractivity contribution is 6.30. The Morgan fingerprint density at radius 3 is 2.74 bits per heavy atom. The monoisotopic (exact) mass is 285 g/mol. The second-order valence-corrected chi connectivity index (χ2v) is 4.24. The van der Waals surface area contributed by atoms with Crippen LogP contribution < -0.4 is 5.32 Å². The molecule has 4 nitrogen and oxygen atoms in total. The lowest BCUT2D eigenvalue weighted by Crippen LogP contribution is -2.14. The minimum atomic E-state index is -0.893. The van der Waals surface area contributed by atoms with Crippen LogP contribution in [0.3, 0.4) is 0 Å². The first-order valence-corrected chi connectivity index (χ1v) is 5.89. The molecular weight excluding hydrogens is 276 g/mol. The van der Waals surface area contributed by atoms with Gasteiger partial charge >= 0.3 is 0 Å². The Hall–Kier alpha value is -1.95. The fourth-order valence-electron chi connectivity index (χ4n) is 1.49. The van der Waals surface area contributed by atoms with Gasteiger partial charge in [-0.15, -0.1) is 0 Å². The lowest BCUT2D eigenvalue weighted by molar-refractivity contribution is 0.102. The van der Waals surface area contributed by atoms with Gasteiger partial charge in [-0.05, 0) is 18.6 Å². The third-order valence-corrected chi connectivity index (χ3v) is 2.80. The molecule has 1 aromatic carbocycles. The van der Waals surface area contributed by atoms with Crippen molar-refractivity contribution in [3.8, 4) is 0 Å². The number of rotatable bonds is 3. The molecule has 2 rings (SSSR count). The fourth-order valence-corrected chi connectivity index (χ4v) is 1.64. The average Bonchev–Trinajstić information content (AvgIpc) is 2.81. The van der Waals surface area contributed by atoms with Gasteiger partial charge in [0.15, 0.2) is 5.82 Å². The van der Waals surface area contributed by atoms with Gasteiger partial charge in [-0.1, -0.05) is 18.5 Å². The fraction of sp³-hybridized carbons (Fsp3) is 0.167. The number of hydrogen-bond acceptors (Lipinski definition) is 2. The van der Waals surface area contributed by atoms with Crippen molar-refractivity contribution in [3.63, 3.8) is 0 Å². The minimum Gasteiger partial charge on any atom is -0.305 e. The molecular formula is C12H10ClF2N3O. The summed E-state index contributed by atoms with van der Waals surface area (Å²) in [6.45, 7) is 1.91. The van der Waals surface area contributed by atoms with E-state index in [4.69, 9.17) is 11.6 Å². The van der Waals surface area contributed by atoms with E-state index >= 15 is 0 Å². The van der Waals surface area contributed by atoms with Crippen LogP contribution in [0.15, 0.2) is 18.2 Å². The normalized spacial score (nSPS) is 10.5. The number of amides is 1. The van der Waals surface area contributed by atoms with Crippen molar-refractivity contribution in [1.29, 1.82) is 0 Å². The number of benzene rings is 1. The van der Waals surface area contributed by atoms with Crippen LogP contribution >= 0.6 is 11.6 Å². The number of carbonyl (C=O) groups excluding carboxylic acids is 1. The van der Waals surface area contributed by atoms with Gasteiger partial charge in [-0.25, -0.2) is 8.78 Å². The zero-order valence-corrected chi connectivity index (χ0v) is 10.7. The Bertz CT molecular complexity index is 627. The summed E-state index contributed by atoms with van der Waals surface area (Å²) >= 11 is 5.41. The zero-order chi connectivity index (χ0) is 14.0. The predicted octanol–water partition coefficient (Wildman–Crippen LogP) is 3.16. The smallest absolute Gasteiger partial charge is 0.259 e. The summed E-state index contributed by atoms with van der Waals surface area (Å²) in [6.07, 6.45) is 0.715. The molecule has 0 bridgehead atoms. The summed E-state index contributed by atoms with van der Waals surface area (Å²) in [6, 6.07) is 3.12. The molecule has 0 aliphatic carbocycles. The van der Waals surface area contributed by atoms with Crippen molar-refractivity contribution in [1.82, 2.24) is 10.2 Å². The van der Waals surface area contributed by atoms with E-state index in [2.05, 4.69) is 15.5 Å². The molecule has 0 atom stereocenters. The number of aromatic nitrogens is 2. The van der Waals surface area contributed by atoms with Gasteiger partial charge in [0.25, 0.3) is 5.91 Å². The van der Waals surface area contributed by atoms with Crippen LogP contribution in [0.2, 0.25) is 5.02 Å². The quantitative estimate of drug-likeness (QED) is 0.851. The molecule has 1 heterocycles. The van der Waals surface area contributed by atoms with Gasteiger partial charge < -0.3 is 5.32 Å². The maximum atomic E-state index is 13.5. The Kier molecular flexibility index (Phi) is 3.80. The first kappa shape index (κ1) is 13.5. The molecule has 100 valence electrons. The van der Waals surface area contributed by atoms with E-state index in [1.807, 2.05) is 6.92 Å². The van der Waals surface area contributed by atoms with Crippen LogP contribution in [0.5, 0.6) is 0 Å². The van der Waals surface area contributed by atoms with Gasteiger partial charge in [0.05, 0.1) is 10.6 Å². The molecule has 0 fully saturated rings. The molecule has 0 spiro atoms. The van der Waals surface area contributed by atoms with E-state index in [-0.39, 0.29) is 10.8 Å². The number of carbonyl (C=O) groups is 1. The number of nitrogens with one attached hydrogen (secondary N) is 2. The van der Waals surface area contributed by atoms with Crippen molar-refractivity contribution < 1.29 is 13.6 Å². The third-order valence-electron chi connectivity index (χ3n) is 2.51. The lowest BCUT2D eigenvalue weighted by Gasteiger charge is -2.04. The number of anilines is 1. The van der Waals surface area contributed by atoms with Crippen molar-refractivity contribution in [2.75, 3.05) is 5.32 Å². The molecule has 1 amide bonds. The SMILES string of the molecule is CCc1cc(NC(=O)c2cc(F)c(Cl)cc2F)n[nH]1. The molecule has 0 saturated heterocycles. The Morgan fingerprint density at radius 2 is 2.11 bits per heavy atom. The van der Waals surface area contributed by atoms with Crippen molar-refractivity contribution in [2.24, 2.45) is 0 Å². The molecule has 1 aromatic heterocycles.